The Balaban J connectivity index is 1.44. The van der Waals surface area contributed by atoms with E-state index in [-0.39, 0.29) is 5.91 Å². The number of imidazole rings is 1. The summed E-state index contributed by atoms with van der Waals surface area (Å²) in [5, 5.41) is 11.2. The second-order valence-corrected chi connectivity index (χ2v) is 7.94. The van der Waals surface area contributed by atoms with Gasteiger partial charge < -0.3 is 5.32 Å². The van der Waals surface area contributed by atoms with Gasteiger partial charge in [-0.1, -0.05) is 50.6 Å². The number of para-hydroxylation sites is 2. The molecule has 1 aromatic carbocycles. The van der Waals surface area contributed by atoms with E-state index in [1.165, 1.54) is 24.6 Å². The van der Waals surface area contributed by atoms with E-state index < -0.39 is 0 Å². The van der Waals surface area contributed by atoms with Gasteiger partial charge in [0.05, 0.1) is 16.8 Å². The predicted molar refractivity (Wildman–Crippen MR) is 99.7 cm³/mol. The van der Waals surface area contributed by atoms with E-state index >= 15 is 0 Å². The maximum absolute atomic E-state index is 12.4. The lowest BCUT2D eigenvalue weighted by Gasteiger charge is -2.34. The number of rotatable bonds is 4. The lowest BCUT2D eigenvalue weighted by Crippen LogP contribution is -2.44. The molecule has 2 N–H and O–H groups in total. The van der Waals surface area contributed by atoms with E-state index in [1.807, 2.05) is 28.7 Å². The van der Waals surface area contributed by atoms with Gasteiger partial charge in [0.25, 0.3) is 0 Å². The molecule has 2 heterocycles. The monoisotopic (exact) mass is 357 g/mol. The molecule has 0 radical (unpaired) electrons. The van der Waals surface area contributed by atoms with Crippen LogP contribution in [0.25, 0.3) is 16.8 Å². The van der Waals surface area contributed by atoms with Gasteiger partial charge in [0.1, 0.15) is 0 Å². The molecule has 1 aliphatic carbocycles. The number of amides is 1. The third kappa shape index (κ3) is 3.13. The summed E-state index contributed by atoms with van der Waals surface area (Å²) in [7, 11) is 0. The van der Waals surface area contributed by atoms with Crippen molar-refractivity contribution in [3.63, 3.8) is 0 Å². The minimum Gasteiger partial charge on any atom is -0.352 e. The number of fused-ring (bicyclic) bond motifs is 3. The third-order valence-corrected chi connectivity index (χ3v) is 6.33. The Morgan fingerprint density at radius 3 is 3.08 bits per heavy atom. The summed E-state index contributed by atoms with van der Waals surface area (Å²) < 4.78 is 1.97. The van der Waals surface area contributed by atoms with Crippen LogP contribution in [0.3, 0.4) is 0 Å². The molecule has 0 unspecified atom stereocenters. The number of aromatic nitrogens is 4. The van der Waals surface area contributed by atoms with Crippen LogP contribution in [0, 0.1) is 11.8 Å². The van der Waals surface area contributed by atoms with Gasteiger partial charge in [-0.2, -0.15) is 0 Å². The van der Waals surface area contributed by atoms with Gasteiger partial charge in [-0.05, 0) is 30.4 Å². The van der Waals surface area contributed by atoms with Gasteiger partial charge in [-0.15, -0.1) is 5.10 Å². The van der Waals surface area contributed by atoms with Crippen molar-refractivity contribution in [2.24, 2.45) is 11.8 Å². The van der Waals surface area contributed by atoms with Crippen molar-refractivity contribution in [1.82, 2.24) is 24.9 Å². The number of thioether (sulfide) groups is 1. The number of benzene rings is 1. The zero-order valence-corrected chi connectivity index (χ0v) is 15.3. The number of hydrogen-bond acceptors (Lipinski definition) is 4. The van der Waals surface area contributed by atoms with E-state index in [0.717, 1.165) is 22.6 Å². The highest BCUT2D eigenvalue weighted by molar-refractivity contribution is 7.99. The molecular weight excluding hydrogens is 334 g/mol. The maximum Gasteiger partial charge on any atom is 0.231 e. The summed E-state index contributed by atoms with van der Waals surface area (Å²) in [6.07, 6.45) is 3.55. The molecule has 0 spiro atoms. The lowest BCUT2D eigenvalue weighted by molar-refractivity contribution is -0.120. The van der Waals surface area contributed by atoms with Gasteiger partial charge in [0.15, 0.2) is 5.16 Å². The van der Waals surface area contributed by atoms with E-state index in [2.05, 4.69) is 34.3 Å². The average Bonchev–Trinajstić information content (AvgIpc) is 3.16. The first kappa shape index (κ1) is 16.4. The molecule has 7 heteroatoms. The van der Waals surface area contributed by atoms with Gasteiger partial charge in [-0.25, -0.2) is 10.1 Å². The van der Waals surface area contributed by atoms with Crippen molar-refractivity contribution >= 4 is 34.5 Å². The second-order valence-electron chi connectivity index (χ2n) is 7.00. The maximum atomic E-state index is 12.4. The van der Waals surface area contributed by atoms with Crippen LogP contribution >= 0.6 is 11.8 Å². The fraction of sp³-hybridized carbons (Fsp3) is 0.500. The first-order valence-corrected chi connectivity index (χ1v) is 9.86. The van der Waals surface area contributed by atoms with Crippen LogP contribution in [0.1, 0.15) is 33.1 Å². The van der Waals surface area contributed by atoms with Gasteiger partial charge in [0.2, 0.25) is 11.7 Å². The van der Waals surface area contributed by atoms with Crippen molar-refractivity contribution in [1.29, 1.82) is 0 Å². The Bertz CT molecular complexity index is 901. The number of carbonyl (C=O) groups excluding carboxylic acids is 1. The summed E-state index contributed by atoms with van der Waals surface area (Å²) >= 11 is 1.44. The van der Waals surface area contributed by atoms with Crippen LogP contribution < -0.4 is 5.32 Å². The van der Waals surface area contributed by atoms with Crippen LogP contribution in [-0.2, 0) is 4.79 Å². The second kappa shape index (κ2) is 6.71. The third-order valence-electron chi connectivity index (χ3n) is 5.39. The molecule has 3 atom stereocenters. The highest BCUT2D eigenvalue weighted by atomic mass is 32.2. The van der Waals surface area contributed by atoms with Crippen LogP contribution in [0.15, 0.2) is 29.4 Å². The molecule has 0 aliphatic heterocycles. The summed E-state index contributed by atoms with van der Waals surface area (Å²) in [6.45, 7) is 4.53. The van der Waals surface area contributed by atoms with E-state index in [0.29, 0.717) is 29.4 Å². The zero-order chi connectivity index (χ0) is 17.4. The Hall–Kier alpha value is -2.02. The molecule has 1 fully saturated rings. The first-order chi connectivity index (χ1) is 12.1. The van der Waals surface area contributed by atoms with Crippen molar-refractivity contribution < 1.29 is 4.79 Å². The standard InChI is InChI=1S/C18H23N5OS/c1-11-6-5-8-13(12(11)2)19-16(24)10-25-18-22-21-17-20-14-7-3-4-9-15(14)23(17)18/h3-4,7,9,11-13H,5-6,8,10H2,1-2H3,(H,19,24)(H,20,21)/t11-,12+,13+/m1/s1. The molecule has 1 amide bonds. The van der Waals surface area contributed by atoms with Crippen LogP contribution in [0.4, 0.5) is 0 Å². The molecule has 1 aliphatic rings. The molecule has 1 saturated carbocycles. The fourth-order valence-corrected chi connectivity index (χ4v) is 4.47. The quantitative estimate of drug-likeness (QED) is 0.703. The predicted octanol–water partition coefficient (Wildman–Crippen LogP) is 3.24. The summed E-state index contributed by atoms with van der Waals surface area (Å²) in [6, 6.07) is 8.23. The van der Waals surface area contributed by atoms with Crippen LogP contribution in [0.5, 0.6) is 0 Å². The van der Waals surface area contributed by atoms with E-state index in [9.17, 15) is 4.79 Å². The Morgan fingerprint density at radius 2 is 2.20 bits per heavy atom. The zero-order valence-electron chi connectivity index (χ0n) is 14.5. The Labute approximate surface area is 150 Å². The molecular formula is C18H23N5OS. The molecule has 132 valence electrons. The topological polar surface area (TPSA) is 75.1 Å². The van der Waals surface area contributed by atoms with Crippen LogP contribution in [-0.4, -0.2) is 37.3 Å². The molecule has 3 aromatic rings. The van der Waals surface area contributed by atoms with Gasteiger partial charge >= 0.3 is 0 Å². The first-order valence-electron chi connectivity index (χ1n) is 8.87. The van der Waals surface area contributed by atoms with Crippen molar-refractivity contribution in [2.45, 2.75) is 44.3 Å². The van der Waals surface area contributed by atoms with E-state index in [1.54, 1.807) is 0 Å². The molecule has 0 saturated heterocycles. The minimum absolute atomic E-state index is 0.0801. The minimum atomic E-state index is 0.0801. The largest absolute Gasteiger partial charge is 0.352 e. The fourth-order valence-electron chi connectivity index (χ4n) is 3.70. The lowest BCUT2D eigenvalue weighted by atomic mass is 9.78. The highest BCUT2D eigenvalue weighted by Crippen LogP contribution is 2.29. The number of hydrogen-bond donors (Lipinski definition) is 2. The normalized spacial score (nSPS) is 24.0. The van der Waals surface area contributed by atoms with Crippen molar-refractivity contribution in [3.8, 4) is 0 Å². The number of nitrogens with zero attached hydrogens (tertiary/aromatic N) is 3. The number of nitrogens with one attached hydrogen (secondary N) is 2. The van der Waals surface area contributed by atoms with Gasteiger partial charge in [-0.3, -0.25) is 9.20 Å². The highest BCUT2D eigenvalue weighted by Gasteiger charge is 2.28. The summed E-state index contributed by atoms with van der Waals surface area (Å²) in [5.41, 5.74) is 1.93. The smallest absolute Gasteiger partial charge is 0.231 e. The number of aromatic amines is 1. The average molecular weight is 357 g/mol. The molecule has 2 aromatic heterocycles. The SMILES string of the molecule is C[C@H]1[C@H](C)CCC[C@@H]1NC(=O)CSc1n[nH]c2nc3ccccc3n12. The summed E-state index contributed by atoms with van der Waals surface area (Å²) in [5.74, 6) is 2.37. The van der Waals surface area contributed by atoms with Crippen molar-refractivity contribution in [3.05, 3.63) is 24.3 Å². The molecule has 6 nitrogen and oxygen atoms in total. The van der Waals surface area contributed by atoms with Crippen LogP contribution in [0.2, 0.25) is 0 Å². The molecule has 25 heavy (non-hydrogen) atoms. The van der Waals surface area contributed by atoms with E-state index in [4.69, 9.17) is 0 Å². The molecule has 0 bridgehead atoms. The Morgan fingerprint density at radius 1 is 1.36 bits per heavy atom. The van der Waals surface area contributed by atoms with Gasteiger partial charge in [0, 0.05) is 6.04 Å². The van der Waals surface area contributed by atoms with Crippen molar-refractivity contribution in [2.75, 3.05) is 5.75 Å². The summed E-state index contributed by atoms with van der Waals surface area (Å²) in [4.78, 5) is 16.9. The Kier molecular flexibility index (Phi) is 4.41. The number of carbonyl (C=O) groups is 1. The molecule has 4 rings (SSSR count). The number of H-pyrrole nitrogens is 1.